The fraction of sp³-hybridized carbons (Fsp3) is 0.643. The van der Waals surface area contributed by atoms with E-state index < -0.39 is 23.4 Å². The van der Waals surface area contributed by atoms with Gasteiger partial charge in [0.1, 0.15) is 5.60 Å². The van der Waals surface area contributed by atoms with Crippen LogP contribution in [0.1, 0.15) is 20.8 Å². The lowest BCUT2D eigenvalue weighted by Crippen LogP contribution is -2.35. The Bertz CT molecular complexity index is 505. The highest BCUT2D eigenvalue weighted by Crippen LogP contribution is 2.43. The molecule has 1 aliphatic heterocycles. The minimum Gasteiger partial charge on any atom is -0.444 e. The molecule has 118 valence electrons. The third kappa shape index (κ3) is 3.92. The molecule has 0 radical (unpaired) electrons. The summed E-state index contributed by atoms with van der Waals surface area (Å²) in [5.74, 6) is -0.372. The number of carbonyl (C=O) groups excluding carboxylic acids is 1. The van der Waals surface area contributed by atoms with E-state index in [0.717, 1.165) is 0 Å². The number of fused-ring (bicyclic) bond motifs is 1. The molecule has 3 nitrogen and oxygen atoms in total. The summed E-state index contributed by atoms with van der Waals surface area (Å²) in [6.45, 7) is 5.95. The van der Waals surface area contributed by atoms with Gasteiger partial charge in [-0.2, -0.15) is 13.2 Å². The fourth-order valence-corrected chi connectivity index (χ4v) is 3.43. The Balaban J connectivity index is 2.12. The molecule has 1 heterocycles. The zero-order valence-corrected chi connectivity index (χ0v) is 14.2. The van der Waals surface area contributed by atoms with Gasteiger partial charge < -0.3 is 9.64 Å². The van der Waals surface area contributed by atoms with Crippen molar-refractivity contribution in [3.05, 3.63) is 21.3 Å². The van der Waals surface area contributed by atoms with Crippen molar-refractivity contribution in [3.63, 3.8) is 0 Å². The maximum absolute atomic E-state index is 12.9. The predicted molar refractivity (Wildman–Crippen MR) is 81.0 cm³/mol. The van der Waals surface area contributed by atoms with E-state index >= 15 is 0 Å². The first-order valence-electron chi connectivity index (χ1n) is 6.62. The summed E-state index contributed by atoms with van der Waals surface area (Å²) >= 11 is 1.71. The van der Waals surface area contributed by atoms with E-state index in [0.29, 0.717) is 6.54 Å². The molecule has 2 aliphatic rings. The summed E-state index contributed by atoms with van der Waals surface area (Å²) in [6, 6.07) is 0. The lowest BCUT2D eigenvalue weighted by atomic mass is 9.88. The lowest BCUT2D eigenvalue weighted by Gasteiger charge is -2.24. The molecule has 0 aromatic carbocycles. The van der Waals surface area contributed by atoms with Crippen LogP contribution in [0.3, 0.4) is 0 Å². The number of nitrogens with zero attached hydrogens (tertiary/aromatic N) is 1. The molecule has 0 N–H and O–H groups in total. The molecule has 1 amide bonds. The molecule has 1 fully saturated rings. The van der Waals surface area contributed by atoms with Gasteiger partial charge in [0.2, 0.25) is 0 Å². The van der Waals surface area contributed by atoms with Gasteiger partial charge in [0, 0.05) is 28.5 Å². The number of ether oxygens (including phenoxy) is 1. The number of halogens is 4. The third-order valence-corrected chi connectivity index (χ3v) is 4.31. The zero-order valence-electron chi connectivity index (χ0n) is 12.0. The minimum absolute atomic E-state index is 0.0736. The van der Waals surface area contributed by atoms with Gasteiger partial charge in [0.25, 0.3) is 0 Å². The Morgan fingerprint density at radius 2 is 1.76 bits per heavy atom. The van der Waals surface area contributed by atoms with Crippen molar-refractivity contribution in [2.75, 3.05) is 13.1 Å². The van der Waals surface area contributed by atoms with Crippen molar-refractivity contribution in [2.45, 2.75) is 32.5 Å². The van der Waals surface area contributed by atoms with Crippen LogP contribution in [-0.4, -0.2) is 35.9 Å². The van der Waals surface area contributed by atoms with E-state index in [1.54, 1.807) is 49.4 Å². The quantitative estimate of drug-likeness (QED) is 0.553. The van der Waals surface area contributed by atoms with Crippen LogP contribution in [0, 0.1) is 11.8 Å². The molecule has 1 aliphatic carbocycles. The maximum Gasteiger partial charge on any atom is 0.417 e. The largest absolute Gasteiger partial charge is 0.444 e. The lowest BCUT2D eigenvalue weighted by molar-refractivity contribution is -0.0891. The average molecular weight is 415 g/mol. The van der Waals surface area contributed by atoms with E-state index in [4.69, 9.17) is 4.74 Å². The average Bonchev–Trinajstić information content (AvgIpc) is 2.66. The third-order valence-electron chi connectivity index (χ3n) is 3.37. The Morgan fingerprint density at radius 3 is 2.24 bits per heavy atom. The van der Waals surface area contributed by atoms with E-state index in [9.17, 15) is 18.0 Å². The number of allylic oxidation sites excluding steroid dienone is 2. The monoisotopic (exact) mass is 415 g/mol. The number of hydrogen-bond acceptors (Lipinski definition) is 2. The van der Waals surface area contributed by atoms with Crippen molar-refractivity contribution in [1.82, 2.24) is 4.90 Å². The molecule has 7 heteroatoms. The van der Waals surface area contributed by atoms with E-state index in [1.807, 2.05) is 0 Å². The van der Waals surface area contributed by atoms with Gasteiger partial charge in [-0.1, -0.05) is 12.2 Å². The number of rotatable bonds is 0. The summed E-state index contributed by atoms with van der Waals surface area (Å²) in [7, 11) is 0. The number of amides is 1. The van der Waals surface area contributed by atoms with E-state index in [1.165, 1.54) is 11.0 Å². The SMILES string of the molecule is CC(C)(C)OC(=O)N1CC2C=C(I)C(C(F)(F)F)=CC2C1. The molecular weight excluding hydrogens is 398 g/mol. The first kappa shape index (κ1) is 16.6. The van der Waals surface area contributed by atoms with Gasteiger partial charge in [0.05, 0.1) is 5.57 Å². The highest BCUT2D eigenvalue weighted by molar-refractivity contribution is 14.1. The molecule has 2 rings (SSSR count). The molecule has 1 saturated heterocycles. The Hall–Kier alpha value is -0.730. The topological polar surface area (TPSA) is 29.5 Å². The highest BCUT2D eigenvalue weighted by atomic mass is 127. The van der Waals surface area contributed by atoms with Gasteiger partial charge in [-0.05, 0) is 43.4 Å². The van der Waals surface area contributed by atoms with Crippen LogP contribution in [0.4, 0.5) is 18.0 Å². The first-order valence-corrected chi connectivity index (χ1v) is 7.70. The molecule has 0 aromatic heterocycles. The van der Waals surface area contributed by atoms with Crippen LogP contribution in [0.15, 0.2) is 21.3 Å². The number of alkyl halides is 3. The van der Waals surface area contributed by atoms with Gasteiger partial charge in [-0.3, -0.25) is 0 Å². The van der Waals surface area contributed by atoms with Crippen LogP contribution < -0.4 is 0 Å². The van der Waals surface area contributed by atoms with Gasteiger partial charge >= 0.3 is 12.3 Å². The van der Waals surface area contributed by atoms with E-state index in [-0.39, 0.29) is 22.0 Å². The van der Waals surface area contributed by atoms with E-state index in [2.05, 4.69) is 0 Å². The molecule has 0 spiro atoms. The van der Waals surface area contributed by atoms with Gasteiger partial charge in [-0.25, -0.2) is 4.79 Å². The van der Waals surface area contributed by atoms with Crippen molar-refractivity contribution in [1.29, 1.82) is 0 Å². The van der Waals surface area contributed by atoms with Crippen LogP contribution in [0.2, 0.25) is 0 Å². The summed E-state index contributed by atoms with van der Waals surface area (Å²) < 4.78 is 44.2. The summed E-state index contributed by atoms with van der Waals surface area (Å²) in [5, 5.41) is 0. The van der Waals surface area contributed by atoms with Crippen LogP contribution in [0.25, 0.3) is 0 Å². The number of hydrogen-bond donors (Lipinski definition) is 0. The summed E-state index contributed by atoms with van der Waals surface area (Å²) in [5.41, 5.74) is -1.21. The standard InChI is InChI=1S/C14H17F3INO2/c1-13(2,3)21-12(20)19-6-8-4-10(14(15,16)17)11(18)5-9(8)7-19/h4-5,8-9H,6-7H2,1-3H3. The van der Waals surface area contributed by atoms with Crippen LogP contribution in [0.5, 0.6) is 0 Å². The molecule has 2 atom stereocenters. The second-order valence-corrected chi connectivity index (χ2v) is 7.47. The van der Waals surface area contributed by atoms with Crippen molar-refractivity contribution < 1.29 is 22.7 Å². The molecule has 21 heavy (non-hydrogen) atoms. The highest BCUT2D eigenvalue weighted by Gasteiger charge is 2.43. The Kier molecular flexibility index (Phi) is 4.34. The molecule has 2 unspecified atom stereocenters. The molecule has 0 aromatic rings. The Morgan fingerprint density at radius 1 is 1.24 bits per heavy atom. The number of likely N-dealkylation sites (tertiary alicyclic amines) is 1. The summed E-state index contributed by atoms with van der Waals surface area (Å²) in [6.07, 6.45) is -1.96. The molecule has 0 bridgehead atoms. The second kappa shape index (κ2) is 5.48. The maximum atomic E-state index is 12.9. The van der Waals surface area contributed by atoms with Gasteiger partial charge in [-0.15, -0.1) is 0 Å². The first-order chi connectivity index (χ1) is 9.47. The van der Waals surface area contributed by atoms with Crippen molar-refractivity contribution in [3.8, 4) is 0 Å². The number of carbonyl (C=O) groups is 1. The predicted octanol–water partition coefficient (Wildman–Crippen LogP) is 4.29. The van der Waals surface area contributed by atoms with Crippen molar-refractivity contribution in [2.24, 2.45) is 11.8 Å². The second-order valence-electron chi connectivity index (χ2n) is 6.31. The fourth-order valence-electron chi connectivity index (χ4n) is 2.48. The van der Waals surface area contributed by atoms with Gasteiger partial charge in [0.15, 0.2) is 0 Å². The van der Waals surface area contributed by atoms with Crippen molar-refractivity contribution >= 4 is 28.7 Å². The van der Waals surface area contributed by atoms with Crippen LogP contribution in [-0.2, 0) is 4.74 Å². The van der Waals surface area contributed by atoms with Crippen LogP contribution >= 0.6 is 22.6 Å². The normalized spacial score (nSPS) is 26.1. The summed E-state index contributed by atoms with van der Waals surface area (Å²) in [4.78, 5) is 13.5. The molecular formula is C14H17F3INO2. The minimum atomic E-state index is -4.35. The smallest absolute Gasteiger partial charge is 0.417 e. The zero-order chi connectivity index (χ0) is 16.0. The molecule has 0 saturated carbocycles. The Labute approximate surface area is 135 Å².